The summed E-state index contributed by atoms with van der Waals surface area (Å²) in [7, 11) is 0. The number of carboxylic acids is 1. The lowest BCUT2D eigenvalue weighted by Crippen LogP contribution is -2.34. The zero-order valence-corrected chi connectivity index (χ0v) is 20.3. The van der Waals surface area contributed by atoms with Crippen molar-refractivity contribution in [1.29, 1.82) is 0 Å². The van der Waals surface area contributed by atoms with Crippen molar-refractivity contribution in [3.63, 3.8) is 0 Å². The number of rotatable bonds is 7. The lowest BCUT2D eigenvalue weighted by atomic mass is 9.98. The second kappa shape index (κ2) is 9.19. The molecule has 0 saturated heterocycles. The van der Waals surface area contributed by atoms with Gasteiger partial charge in [0.2, 0.25) is 0 Å². The summed E-state index contributed by atoms with van der Waals surface area (Å²) in [6.07, 6.45) is 0.475. The van der Waals surface area contributed by atoms with Gasteiger partial charge in [-0.05, 0) is 69.2 Å². The molecular weight excluding hydrogens is 512 g/mol. The first-order valence-corrected chi connectivity index (χ1v) is 12.1. The van der Waals surface area contributed by atoms with Crippen molar-refractivity contribution in [3.05, 3.63) is 87.9 Å². The maximum absolute atomic E-state index is 12.6. The number of carbonyl (C=O) groups is 3. The third-order valence-electron chi connectivity index (χ3n) is 6.70. The zero-order valence-electron chi connectivity index (χ0n) is 18.7. The fourth-order valence-electron chi connectivity index (χ4n) is 4.48. The maximum atomic E-state index is 12.6. The summed E-state index contributed by atoms with van der Waals surface area (Å²) in [4.78, 5) is 36.5. The van der Waals surface area contributed by atoms with Crippen molar-refractivity contribution < 1.29 is 24.2 Å². The minimum absolute atomic E-state index is 0.0577. The molecule has 3 aromatic rings. The first kappa shape index (κ1) is 23.1. The topological polar surface area (TPSA) is 105 Å². The Bertz CT molecular complexity index is 1290. The highest BCUT2D eigenvalue weighted by molar-refractivity contribution is 9.10. The van der Waals surface area contributed by atoms with Gasteiger partial charge in [0, 0.05) is 22.5 Å². The van der Waals surface area contributed by atoms with Crippen LogP contribution in [0.3, 0.4) is 0 Å². The van der Waals surface area contributed by atoms with E-state index < -0.39 is 23.4 Å². The van der Waals surface area contributed by atoms with Gasteiger partial charge in [0.05, 0.1) is 11.1 Å². The average Bonchev–Trinajstić information content (AvgIpc) is 3.60. The highest BCUT2D eigenvalue weighted by Crippen LogP contribution is 2.45. The number of aliphatic carboxylic acids is 1. The molecule has 0 aromatic heterocycles. The van der Waals surface area contributed by atoms with Gasteiger partial charge in [0.25, 0.3) is 5.91 Å². The number of carbonyl (C=O) groups excluding carboxylic acids is 2. The number of fused-ring (bicyclic) bond motifs is 3. The van der Waals surface area contributed by atoms with Gasteiger partial charge in [0.15, 0.2) is 0 Å². The molecule has 0 bridgehead atoms. The number of hydrogen-bond donors (Lipinski definition) is 3. The molecule has 1 saturated carbocycles. The maximum Gasteiger partial charge on any atom is 0.411 e. The quantitative estimate of drug-likeness (QED) is 0.376. The Labute approximate surface area is 210 Å². The van der Waals surface area contributed by atoms with Gasteiger partial charge in [-0.3, -0.25) is 14.9 Å². The monoisotopic (exact) mass is 534 g/mol. The van der Waals surface area contributed by atoms with E-state index in [2.05, 4.69) is 50.8 Å². The Hall–Kier alpha value is -3.65. The molecule has 7 nitrogen and oxygen atoms in total. The molecule has 0 spiro atoms. The van der Waals surface area contributed by atoms with Gasteiger partial charge in [-0.15, -0.1) is 0 Å². The smallest absolute Gasteiger partial charge is 0.411 e. The molecule has 0 heterocycles. The molecule has 35 heavy (non-hydrogen) atoms. The molecule has 2 amide bonds. The number of ether oxygens (including phenoxy) is 1. The lowest BCUT2D eigenvalue weighted by Gasteiger charge is -2.15. The Balaban J connectivity index is 1.24. The minimum atomic E-state index is -0.897. The van der Waals surface area contributed by atoms with Crippen LogP contribution >= 0.6 is 15.9 Å². The van der Waals surface area contributed by atoms with Gasteiger partial charge < -0.3 is 15.2 Å². The Morgan fingerprint density at radius 1 is 0.971 bits per heavy atom. The number of amides is 2. The Kier molecular flexibility index (Phi) is 6.06. The van der Waals surface area contributed by atoms with Crippen molar-refractivity contribution in [2.75, 3.05) is 18.5 Å². The molecule has 5 rings (SSSR count). The van der Waals surface area contributed by atoms with Crippen molar-refractivity contribution in [2.45, 2.75) is 18.8 Å². The first-order valence-electron chi connectivity index (χ1n) is 11.3. The molecule has 8 heteroatoms. The van der Waals surface area contributed by atoms with Crippen LogP contribution in [0.15, 0.2) is 71.2 Å². The molecule has 178 valence electrons. The van der Waals surface area contributed by atoms with Crippen LogP contribution in [0.4, 0.5) is 10.5 Å². The van der Waals surface area contributed by atoms with Crippen LogP contribution in [0, 0.1) is 5.41 Å². The predicted octanol–water partition coefficient (Wildman–Crippen LogP) is 5.40. The molecule has 3 N–H and O–H groups in total. The summed E-state index contributed by atoms with van der Waals surface area (Å²) in [5.74, 6) is -1.36. The van der Waals surface area contributed by atoms with E-state index in [1.807, 2.05) is 24.3 Å². The van der Waals surface area contributed by atoms with Gasteiger partial charge in [-0.2, -0.15) is 0 Å². The van der Waals surface area contributed by atoms with Crippen molar-refractivity contribution in [2.24, 2.45) is 5.41 Å². The number of hydrogen-bond acceptors (Lipinski definition) is 4. The molecular formula is C27H23BrN2O5. The Morgan fingerprint density at radius 3 is 2.20 bits per heavy atom. The molecule has 3 aromatic carbocycles. The predicted molar refractivity (Wildman–Crippen MR) is 134 cm³/mol. The van der Waals surface area contributed by atoms with Gasteiger partial charge in [-0.25, -0.2) is 4.79 Å². The summed E-state index contributed by atoms with van der Waals surface area (Å²) >= 11 is 3.39. The van der Waals surface area contributed by atoms with Crippen molar-refractivity contribution >= 4 is 39.6 Å². The van der Waals surface area contributed by atoms with Crippen molar-refractivity contribution in [3.8, 4) is 11.1 Å². The molecule has 0 radical (unpaired) electrons. The molecule has 2 aliphatic rings. The SMILES string of the molecule is O=C(Nc1cc(C(=O)NCC2(C(=O)O)CC2)ccc1Br)OCC1c2ccccc2-c2ccccc21. The van der Waals surface area contributed by atoms with Crippen LogP contribution in [0.25, 0.3) is 11.1 Å². The van der Waals surface area contributed by atoms with E-state index in [1.165, 1.54) is 6.07 Å². The zero-order chi connectivity index (χ0) is 24.6. The molecule has 0 atom stereocenters. The number of nitrogens with one attached hydrogen (secondary N) is 2. The van der Waals surface area contributed by atoms with Crippen LogP contribution in [-0.2, 0) is 9.53 Å². The molecule has 0 aliphatic heterocycles. The normalized spacial score (nSPS) is 15.0. The fraction of sp³-hybridized carbons (Fsp3) is 0.222. The average molecular weight is 535 g/mol. The third kappa shape index (κ3) is 4.53. The fourth-order valence-corrected chi connectivity index (χ4v) is 4.82. The van der Waals surface area contributed by atoms with Crippen molar-refractivity contribution in [1.82, 2.24) is 5.32 Å². The molecule has 0 unspecified atom stereocenters. The first-order chi connectivity index (χ1) is 16.9. The summed E-state index contributed by atoms with van der Waals surface area (Å²) in [6, 6.07) is 21.0. The second-order valence-electron chi connectivity index (χ2n) is 8.91. The Morgan fingerprint density at radius 2 is 1.60 bits per heavy atom. The number of halogens is 1. The largest absolute Gasteiger partial charge is 0.481 e. The minimum Gasteiger partial charge on any atom is -0.481 e. The summed E-state index contributed by atoms with van der Waals surface area (Å²) < 4.78 is 6.18. The second-order valence-corrected chi connectivity index (χ2v) is 9.77. The summed E-state index contributed by atoms with van der Waals surface area (Å²) in [5, 5.41) is 14.7. The summed E-state index contributed by atoms with van der Waals surface area (Å²) in [6.45, 7) is 0.251. The van der Waals surface area contributed by atoms with E-state index in [4.69, 9.17) is 4.74 Å². The van der Waals surface area contributed by atoms with E-state index in [-0.39, 0.29) is 19.1 Å². The van der Waals surface area contributed by atoms with Crippen LogP contribution in [-0.4, -0.2) is 36.2 Å². The van der Waals surface area contributed by atoms with Gasteiger partial charge in [-0.1, -0.05) is 48.5 Å². The van der Waals surface area contributed by atoms with Crippen LogP contribution < -0.4 is 10.6 Å². The molecule has 2 aliphatic carbocycles. The highest BCUT2D eigenvalue weighted by Gasteiger charge is 2.50. The highest BCUT2D eigenvalue weighted by atomic mass is 79.9. The lowest BCUT2D eigenvalue weighted by molar-refractivity contribution is -0.143. The van der Waals surface area contributed by atoms with E-state index in [9.17, 15) is 19.5 Å². The van der Waals surface area contributed by atoms with Crippen LogP contribution in [0.5, 0.6) is 0 Å². The number of benzene rings is 3. The number of carboxylic acid groups (broad SMARTS) is 1. The van der Waals surface area contributed by atoms with E-state index in [0.717, 1.165) is 22.3 Å². The number of anilines is 1. The standard InChI is InChI=1S/C27H23BrN2O5/c28-22-10-9-16(24(31)29-15-27(11-12-27)25(32)33)13-23(22)30-26(34)35-14-21-19-7-3-1-5-17(19)18-6-2-4-8-20(18)21/h1-10,13,21H,11-12,14-15H2,(H,29,31)(H,30,34)(H,32,33). The van der Waals surface area contributed by atoms with E-state index in [1.54, 1.807) is 12.1 Å². The van der Waals surface area contributed by atoms with Gasteiger partial charge in [0.1, 0.15) is 6.61 Å². The van der Waals surface area contributed by atoms with Gasteiger partial charge >= 0.3 is 12.1 Å². The van der Waals surface area contributed by atoms with E-state index in [0.29, 0.717) is 28.6 Å². The van der Waals surface area contributed by atoms with Crippen LogP contribution in [0.1, 0.15) is 40.2 Å². The molecule has 1 fully saturated rings. The van der Waals surface area contributed by atoms with Crippen LogP contribution in [0.2, 0.25) is 0 Å². The third-order valence-corrected chi connectivity index (χ3v) is 7.40. The van der Waals surface area contributed by atoms with E-state index >= 15 is 0 Å². The summed E-state index contributed by atoms with van der Waals surface area (Å²) in [5.41, 5.74) is 4.38.